The van der Waals surface area contributed by atoms with E-state index in [-0.39, 0.29) is 16.9 Å². The van der Waals surface area contributed by atoms with Gasteiger partial charge in [-0.3, -0.25) is 0 Å². The molecule has 152 valence electrons. The summed E-state index contributed by atoms with van der Waals surface area (Å²) < 4.78 is 57.1. The standard InChI is InChI=1S/C25H24F4/c1-2-3-15-4-6-16(7-5-15)19-13-22(27)24(23(28)14-19)18-8-10-20-17(12-18)9-11-21(26)25(20)29/h8-16H,2-7H2,1H3/t15-,16-. The van der Waals surface area contributed by atoms with Crippen LogP contribution >= 0.6 is 0 Å². The summed E-state index contributed by atoms with van der Waals surface area (Å²) in [6.45, 7) is 2.19. The molecule has 0 bridgehead atoms. The van der Waals surface area contributed by atoms with E-state index in [1.807, 2.05) is 0 Å². The molecular formula is C25H24F4. The van der Waals surface area contributed by atoms with E-state index in [0.29, 0.717) is 16.5 Å². The Kier molecular flexibility index (Phi) is 5.62. The molecule has 0 N–H and O–H groups in total. The lowest BCUT2D eigenvalue weighted by Crippen LogP contribution is -2.13. The van der Waals surface area contributed by atoms with E-state index >= 15 is 0 Å². The van der Waals surface area contributed by atoms with E-state index in [1.165, 1.54) is 49.2 Å². The monoisotopic (exact) mass is 400 g/mol. The Morgan fingerprint density at radius 2 is 1.48 bits per heavy atom. The van der Waals surface area contributed by atoms with Crippen LogP contribution in [-0.2, 0) is 0 Å². The largest absolute Gasteiger partial charge is 0.206 e. The van der Waals surface area contributed by atoms with Crippen molar-refractivity contribution in [2.75, 3.05) is 0 Å². The van der Waals surface area contributed by atoms with E-state index in [0.717, 1.165) is 37.7 Å². The second-order valence-corrected chi connectivity index (χ2v) is 8.16. The molecule has 3 aromatic rings. The Morgan fingerprint density at radius 1 is 0.793 bits per heavy atom. The third kappa shape index (κ3) is 3.90. The fourth-order valence-corrected chi connectivity index (χ4v) is 4.72. The molecule has 0 aliphatic heterocycles. The van der Waals surface area contributed by atoms with Crippen LogP contribution in [0.1, 0.15) is 56.9 Å². The number of hydrogen-bond acceptors (Lipinski definition) is 0. The van der Waals surface area contributed by atoms with Crippen molar-refractivity contribution in [1.82, 2.24) is 0 Å². The van der Waals surface area contributed by atoms with E-state index < -0.39 is 23.3 Å². The molecule has 0 saturated heterocycles. The zero-order valence-corrected chi connectivity index (χ0v) is 16.5. The first kappa shape index (κ1) is 19.9. The zero-order valence-electron chi connectivity index (χ0n) is 16.5. The highest BCUT2D eigenvalue weighted by molar-refractivity contribution is 5.88. The lowest BCUT2D eigenvalue weighted by atomic mass is 9.77. The predicted molar refractivity (Wildman–Crippen MR) is 109 cm³/mol. The summed E-state index contributed by atoms with van der Waals surface area (Å²) in [5.41, 5.74) is 0.907. The number of fused-ring (bicyclic) bond motifs is 1. The van der Waals surface area contributed by atoms with Crippen LogP contribution in [0.4, 0.5) is 17.6 Å². The lowest BCUT2D eigenvalue weighted by Gasteiger charge is -2.29. The van der Waals surface area contributed by atoms with Crippen molar-refractivity contribution in [3.8, 4) is 11.1 Å². The first-order valence-corrected chi connectivity index (χ1v) is 10.3. The van der Waals surface area contributed by atoms with Gasteiger partial charge < -0.3 is 0 Å². The van der Waals surface area contributed by atoms with Crippen LogP contribution < -0.4 is 0 Å². The molecule has 4 heteroatoms. The Balaban J connectivity index is 1.64. The van der Waals surface area contributed by atoms with Gasteiger partial charge in [-0.25, -0.2) is 17.6 Å². The Morgan fingerprint density at radius 3 is 2.14 bits per heavy atom. The molecule has 0 atom stereocenters. The van der Waals surface area contributed by atoms with Gasteiger partial charge in [0.2, 0.25) is 0 Å². The first-order chi connectivity index (χ1) is 14.0. The fraction of sp³-hybridized carbons (Fsp3) is 0.360. The maximum absolute atomic E-state index is 14.9. The van der Waals surface area contributed by atoms with E-state index in [2.05, 4.69) is 6.92 Å². The van der Waals surface area contributed by atoms with Crippen LogP contribution in [0.2, 0.25) is 0 Å². The maximum Gasteiger partial charge on any atom is 0.166 e. The minimum Gasteiger partial charge on any atom is -0.206 e. The number of rotatable bonds is 4. The molecule has 0 aromatic heterocycles. The summed E-state index contributed by atoms with van der Waals surface area (Å²) in [5, 5.41) is 0.494. The predicted octanol–water partition coefficient (Wildman–Crippen LogP) is 8.14. The van der Waals surface area contributed by atoms with Gasteiger partial charge in [0.15, 0.2) is 11.6 Å². The van der Waals surface area contributed by atoms with Crippen LogP contribution in [0.25, 0.3) is 21.9 Å². The van der Waals surface area contributed by atoms with Crippen LogP contribution in [-0.4, -0.2) is 0 Å². The number of hydrogen-bond donors (Lipinski definition) is 0. The quantitative estimate of drug-likeness (QED) is 0.388. The number of benzene rings is 3. The molecular weight excluding hydrogens is 376 g/mol. The fourth-order valence-electron chi connectivity index (χ4n) is 4.72. The average Bonchev–Trinajstić information content (AvgIpc) is 2.71. The maximum atomic E-state index is 14.9. The van der Waals surface area contributed by atoms with Gasteiger partial charge >= 0.3 is 0 Å². The summed E-state index contributed by atoms with van der Waals surface area (Å²) in [7, 11) is 0. The molecule has 0 nitrogen and oxygen atoms in total. The van der Waals surface area contributed by atoms with Gasteiger partial charge in [-0.2, -0.15) is 0 Å². The summed E-state index contributed by atoms with van der Waals surface area (Å²) in [5.74, 6) is -2.21. The minimum absolute atomic E-state index is 0.0926. The number of halogens is 4. The van der Waals surface area contributed by atoms with Crippen molar-refractivity contribution in [3.05, 3.63) is 71.3 Å². The molecule has 29 heavy (non-hydrogen) atoms. The minimum atomic E-state index is -0.955. The molecule has 0 amide bonds. The van der Waals surface area contributed by atoms with E-state index in [9.17, 15) is 17.6 Å². The van der Waals surface area contributed by atoms with Crippen molar-refractivity contribution in [3.63, 3.8) is 0 Å². The van der Waals surface area contributed by atoms with Gasteiger partial charge in [0.1, 0.15) is 11.6 Å². The second kappa shape index (κ2) is 8.17. The highest BCUT2D eigenvalue weighted by Crippen LogP contribution is 2.39. The van der Waals surface area contributed by atoms with Crippen molar-refractivity contribution in [1.29, 1.82) is 0 Å². The summed E-state index contributed by atoms with van der Waals surface area (Å²) in [6, 6.07) is 9.61. The van der Waals surface area contributed by atoms with Crippen LogP contribution in [0.3, 0.4) is 0 Å². The second-order valence-electron chi connectivity index (χ2n) is 8.16. The Bertz CT molecular complexity index is 1010. The van der Waals surface area contributed by atoms with Gasteiger partial charge in [-0.1, -0.05) is 38.0 Å². The van der Waals surface area contributed by atoms with Crippen molar-refractivity contribution < 1.29 is 17.6 Å². The lowest BCUT2D eigenvalue weighted by molar-refractivity contribution is 0.307. The highest BCUT2D eigenvalue weighted by atomic mass is 19.2. The molecule has 3 aromatic carbocycles. The molecule has 0 unspecified atom stereocenters. The van der Waals surface area contributed by atoms with Crippen molar-refractivity contribution >= 4 is 10.8 Å². The van der Waals surface area contributed by atoms with E-state index in [4.69, 9.17) is 0 Å². The van der Waals surface area contributed by atoms with Crippen LogP contribution in [0.15, 0.2) is 42.5 Å². The Hall–Kier alpha value is -2.36. The zero-order chi connectivity index (χ0) is 20.5. The van der Waals surface area contributed by atoms with Gasteiger partial charge in [-0.15, -0.1) is 0 Å². The van der Waals surface area contributed by atoms with Gasteiger partial charge in [0, 0.05) is 5.39 Å². The van der Waals surface area contributed by atoms with Crippen LogP contribution in [0, 0.1) is 29.2 Å². The van der Waals surface area contributed by atoms with Crippen molar-refractivity contribution in [2.24, 2.45) is 5.92 Å². The molecule has 1 aliphatic rings. The third-order valence-corrected chi connectivity index (χ3v) is 6.28. The van der Waals surface area contributed by atoms with Gasteiger partial charge in [-0.05, 0) is 78.3 Å². The highest BCUT2D eigenvalue weighted by Gasteiger charge is 2.24. The molecule has 0 heterocycles. The average molecular weight is 400 g/mol. The van der Waals surface area contributed by atoms with Gasteiger partial charge in [0.05, 0.1) is 5.56 Å². The van der Waals surface area contributed by atoms with E-state index in [1.54, 1.807) is 0 Å². The first-order valence-electron chi connectivity index (χ1n) is 10.3. The smallest absolute Gasteiger partial charge is 0.166 e. The SMILES string of the molecule is CCC[C@H]1CC[C@H](c2cc(F)c(-c3ccc4c(F)c(F)ccc4c3)c(F)c2)CC1. The third-order valence-electron chi connectivity index (χ3n) is 6.28. The van der Waals surface area contributed by atoms with Crippen LogP contribution in [0.5, 0.6) is 0 Å². The van der Waals surface area contributed by atoms with Gasteiger partial charge in [0.25, 0.3) is 0 Å². The normalized spacial score (nSPS) is 19.6. The molecule has 1 fully saturated rings. The summed E-state index contributed by atoms with van der Waals surface area (Å²) in [4.78, 5) is 0. The summed E-state index contributed by atoms with van der Waals surface area (Å²) in [6.07, 6.45) is 6.54. The van der Waals surface area contributed by atoms with Crippen molar-refractivity contribution in [2.45, 2.75) is 51.4 Å². The molecule has 0 spiro atoms. The molecule has 1 saturated carbocycles. The topological polar surface area (TPSA) is 0 Å². The molecule has 4 rings (SSSR count). The summed E-state index contributed by atoms with van der Waals surface area (Å²) >= 11 is 0. The molecule has 0 radical (unpaired) electrons. The Labute approximate surface area is 168 Å². The molecule has 1 aliphatic carbocycles.